The maximum atomic E-state index is 12.7. The highest BCUT2D eigenvalue weighted by atomic mass is 35.5. The Labute approximate surface area is 73.7 Å². The van der Waals surface area contributed by atoms with Crippen LogP contribution in [0.5, 0.6) is 0 Å². The number of nitrogen functional groups attached to an aromatic ring is 1. The van der Waals surface area contributed by atoms with Crippen LogP contribution in [0.2, 0.25) is 5.02 Å². The Morgan fingerprint density at radius 2 is 2.18 bits per heavy atom. The molecule has 0 saturated heterocycles. The minimum atomic E-state index is -0.470. The zero-order valence-electron chi connectivity index (χ0n) is 5.90. The number of halogens is 2. The lowest BCUT2D eigenvalue weighted by Crippen LogP contribution is -1.90. The van der Waals surface area contributed by atoms with Crippen LogP contribution >= 0.6 is 23.4 Å². The van der Waals surface area contributed by atoms with Gasteiger partial charge in [-0.3, -0.25) is 0 Å². The highest BCUT2D eigenvalue weighted by Gasteiger charge is 2.04. The number of benzene rings is 1. The number of anilines is 1. The molecule has 0 aliphatic heterocycles. The first-order chi connectivity index (χ1) is 5.15. The van der Waals surface area contributed by atoms with Gasteiger partial charge in [0.2, 0.25) is 0 Å². The van der Waals surface area contributed by atoms with Crippen LogP contribution in [0, 0.1) is 5.82 Å². The van der Waals surface area contributed by atoms with Crippen LogP contribution in [0.25, 0.3) is 0 Å². The smallest absolute Gasteiger partial charge is 0.143 e. The van der Waals surface area contributed by atoms with Crippen molar-refractivity contribution in [1.29, 1.82) is 0 Å². The highest BCUT2D eigenvalue weighted by Crippen LogP contribution is 2.28. The molecule has 1 rings (SSSR count). The van der Waals surface area contributed by atoms with E-state index in [0.717, 1.165) is 4.90 Å². The topological polar surface area (TPSA) is 26.0 Å². The van der Waals surface area contributed by atoms with Crippen molar-refractivity contribution in [2.45, 2.75) is 4.90 Å². The summed E-state index contributed by atoms with van der Waals surface area (Å²) in [6.45, 7) is 0. The number of hydrogen-bond donors (Lipinski definition) is 1. The summed E-state index contributed by atoms with van der Waals surface area (Å²) in [5.74, 6) is -0.470. The van der Waals surface area contributed by atoms with Crippen molar-refractivity contribution >= 4 is 29.1 Å². The molecule has 1 nitrogen and oxygen atoms in total. The molecule has 0 fully saturated rings. The molecule has 1 aromatic carbocycles. The van der Waals surface area contributed by atoms with Crippen molar-refractivity contribution in [3.05, 3.63) is 23.0 Å². The van der Waals surface area contributed by atoms with Gasteiger partial charge in [-0.2, -0.15) is 0 Å². The Morgan fingerprint density at radius 3 is 2.73 bits per heavy atom. The van der Waals surface area contributed by atoms with E-state index >= 15 is 0 Å². The quantitative estimate of drug-likeness (QED) is 0.546. The van der Waals surface area contributed by atoms with Gasteiger partial charge < -0.3 is 5.73 Å². The molecule has 2 N–H and O–H groups in total. The molecule has 11 heavy (non-hydrogen) atoms. The summed E-state index contributed by atoms with van der Waals surface area (Å²) in [7, 11) is 0. The summed E-state index contributed by atoms with van der Waals surface area (Å²) in [6, 6.07) is 2.76. The fourth-order valence-corrected chi connectivity index (χ4v) is 1.48. The van der Waals surface area contributed by atoms with Crippen molar-refractivity contribution < 1.29 is 4.39 Å². The standard InChI is InChI=1S/C7H7ClFNS/c1-11-7-2-4(8)5(9)3-6(7)10/h2-3H,10H2,1H3. The molecule has 0 saturated carbocycles. The maximum Gasteiger partial charge on any atom is 0.143 e. The van der Waals surface area contributed by atoms with Crippen LogP contribution in [0.3, 0.4) is 0 Å². The van der Waals surface area contributed by atoms with Gasteiger partial charge in [0.1, 0.15) is 5.82 Å². The second-order valence-corrected chi connectivity index (χ2v) is 3.26. The molecule has 0 unspecified atom stereocenters. The third-order valence-corrected chi connectivity index (χ3v) is 2.36. The molecule has 0 heterocycles. The van der Waals surface area contributed by atoms with Crippen LogP contribution in [-0.4, -0.2) is 6.26 Å². The molecule has 0 aromatic heterocycles. The SMILES string of the molecule is CSc1cc(Cl)c(F)cc1N. The molecule has 0 atom stereocenters. The van der Waals surface area contributed by atoms with E-state index in [4.69, 9.17) is 17.3 Å². The second kappa shape index (κ2) is 3.32. The van der Waals surface area contributed by atoms with Gasteiger partial charge in [0.05, 0.1) is 5.02 Å². The van der Waals surface area contributed by atoms with Crippen LogP contribution in [-0.2, 0) is 0 Å². The van der Waals surface area contributed by atoms with E-state index in [9.17, 15) is 4.39 Å². The lowest BCUT2D eigenvalue weighted by molar-refractivity contribution is 0.628. The second-order valence-electron chi connectivity index (χ2n) is 2.01. The van der Waals surface area contributed by atoms with E-state index in [1.165, 1.54) is 23.9 Å². The molecular weight excluding hydrogens is 185 g/mol. The molecule has 0 spiro atoms. The van der Waals surface area contributed by atoms with Crippen molar-refractivity contribution in [2.24, 2.45) is 0 Å². The van der Waals surface area contributed by atoms with E-state index in [0.29, 0.717) is 5.69 Å². The Balaban J connectivity index is 3.21. The molecule has 0 aliphatic carbocycles. The molecule has 4 heteroatoms. The molecule has 0 aliphatic rings. The largest absolute Gasteiger partial charge is 0.398 e. The number of thioether (sulfide) groups is 1. The zero-order valence-corrected chi connectivity index (χ0v) is 7.47. The van der Waals surface area contributed by atoms with Crippen molar-refractivity contribution in [3.63, 3.8) is 0 Å². The summed E-state index contributed by atoms with van der Waals surface area (Å²) in [6.07, 6.45) is 1.86. The Hall–Kier alpha value is -0.410. The predicted octanol–water partition coefficient (Wildman–Crippen LogP) is 2.78. The highest BCUT2D eigenvalue weighted by molar-refractivity contribution is 7.98. The van der Waals surface area contributed by atoms with E-state index in [1.54, 1.807) is 0 Å². The zero-order chi connectivity index (χ0) is 8.43. The predicted molar refractivity (Wildman–Crippen MR) is 47.6 cm³/mol. The van der Waals surface area contributed by atoms with Gasteiger partial charge in [-0.1, -0.05) is 11.6 Å². The van der Waals surface area contributed by atoms with Gasteiger partial charge in [0.25, 0.3) is 0 Å². The Bertz CT molecular complexity index is 277. The lowest BCUT2D eigenvalue weighted by atomic mass is 10.3. The van der Waals surface area contributed by atoms with Gasteiger partial charge in [-0.25, -0.2) is 4.39 Å². The first-order valence-electron chi connectivity index (χ1n) is 2.93. The minimum absolute atomic E-state index is 0.114. The number of hydrogen-bond acceptors (Lipinski definition) is 2. The molecule has 0 bridgehead atoms. The van der Waals surface area contributed by atoms with Crippen LogP contribution in [0.4, 0.5) is 10.1 Å². The third kappa shape index (κ3) is 1.79. The van der Waals surface area contributed by atoms with Gasteiger partial charge in [-0.05, 0) is 18.4 Å². The summed E-state index contributed by atoms with van der Waals surface area (Å²) >= 11 is 6.96. The molecule has 1 aromatic rings. The first kappa shape index (κ1) is 8.68. The lowest BCUT2D eigenvalue weighted by Gasteiger charge is -2.02. The maximum absolute atomic E-state index is 12.7. The van der Waals surface area contributed by atoms with E-state index in [1.807, 2.05) is 6.26 Å². The Kier molecular flexibility index (Phi) is 2.62. The molecule has 0 amide bonds. The van der Waals surface area contributed by atoms with E-state index < -0.39 is 5.82 Å². The fourth-order valence-electron chi connectivity index (χ4n) is 0.721. The first-order valence-corrected chi connectivity index (χ1v) is 4.54. The van der Waals surface area contributed by atoms with Crippen molar-refractivity contribution in [2.75, 3.05) is 12.0 Å². The van der Waals surface area contributed by atoms with Crippen LogP contribution < -0.4 is 5.73 Å². The van der Waals surface area contributed by atoms with E-state index in [-0.39, 0.29) is 5.02 Å². The van der Waals surface area contributed by atoms with Gasteiger partial charge in [0.15, 0.2) is 0 Å². The average Bonchev–Trinajstić information content (AvgIpc) is 1.97. The van der Waals surface area contributed by atoms with Crippen molar-refractivity contribution in [3.8, 4) is 0 Å². The van der Waals surface area contributed by atoms with Gasteiger partial charge in [0, 0.05) is 10.6 Å². The third-order valence-electron chi connectivity index (χ3n) is 1.27. The van der Waals surface area contributed by atoms with Crippen LogP contribution in [0.15, 0.2) is 17.0 Å². The minimum Gasteiger partial charge on any atom is -0.398 e. The molecule has 0 radical (unpaired) electrons. The molecular formula is C7H7ClFNS. The van der Waals surface area contributed by atoms with Crippen molar-refractivity contribution in [1.82, 2.24) is 0 Å². The number of rotatable bonds is 1. The van der Waals surface area contributed by atoms with Gasteiger partial charge >= 0.3 is 0 Å². The summed E-state index contributed by atoms with van der Waals surface area (Å²) in [4.78, 5) is 0.802. The van der Waals surface area contributed by atoms with Crippen LogP contribution in [0.1, 0.15) is 0 Å². The average molecular weight is 192 g/mol. The Morgan fingerprint density at radius 1 is 1.55 bits per heavy atom. The summed E-state index contributed by atoms with van der Waals surface area (Å²) < 4.78 is 12.7. The monoisotopic (exact) mass is 191 g/mol. The van der Waals surface area contributed by atoms with E-state index in [2.05, 4.69) is 0 Å². The summed E-state index contributed by atoms with van der Waals surface area (Å²) in [5.41, 5.74) is 5.91. The number of nitrogens with two attached hydrogens (primary N) is 1. The normalized spacial score (nSPS) is 10.1. The van der Waals surface area contributed by atoms with Gasteiger partial charge in [-0.15, -0.1) is 11.8 Å². The fraction of sp³-hybridized carbons (Fsp3) is 0.143. The molecule has 60 valence electrons. The summed E-state index contributed by atoms with van der Waals surface area (Å²) in [5, 5.41) is 0.114.